The highest BCUT2D eigenvalue weighted by atomic mass is 15.4. The van der Waals surface area contributed by atoms with Crippen LogP contribution in [0.2, 0.25) is 0 Å². The van der Waals surface area contributed by atoms with Crippen molar-refractivity contribution >= 4 is 0 Å². The maximum Gasteiger partial charge on any atom is 0.186 e. The summed E-state index contributed by atoms with van der Waals surface area (Å²) < 4.78 is 1.79. The summed E-state index contributed by atoms with van der Waals surface area (Å²) in [5.41, 5.74) is 1.57. The van der Waals surface area contributed by atoms with Gasteiger partial charge in [-0.25, -0.2) is 0 Å². The highest BCUT2D eigenvalue weighted by molar-refractivity contribution is 5.27. The van der Waals surface area contributed by atoms with E-state index in [-0.39, 0.29) is 0 Å². The predicted octanol–water partition coefficient (Wildman–Crippen LogP) is 3.15. The fourth-order valence-electron chi connectivity index (χ4n) is 3.12. The molecule has 0 spiro atoms. The molecule has 1 aromatic heterocycles. The van der Waals surface area contributed by atoms with Crippen LogP contribution in [-0.4, -0.2) is 15.0 Å². The molecule has 0 aliphatic heterocycles. The molecule has 0 atom stereocenters. The lowest BCUT2D eigenvalue weighted by atomic mass is 9.78. The second-order valence-electron chi connectivity index (χ2n) is 5.42. The average molecular weight is 246 g/mol. The van der Waals surface area contributed by atoms with Gasteiger partial charge in [0.2, 0.25) is 0 Å². The second kappa shape index (κ2) is 5.99. The van der Waals surface area contributed by atoms with Crippen LogP contribution in [0.1, 0.15) is 69.2 Å². The molecule has 1 saturated carbocycles. The molecular formula is C14H22N4. The number of hydrogen-bond donors (Lipinski definition) is 0. The molecule has 1 fully saturated rings. The molecule has 0 radical (unpaired) electrons. The van der Waals surface area contributed by atoms with E-state index in [1.54, 1.807) is 4.68 Å². The van der Waals surface area contributed by atoms with E-state index in [0.717, 1.165) is 11.6 Å². The second-order valence-corrected chi connectivity index (χ2v) is 5.42. The van der Waals surface area contributed by atoms with Crippen LogP contribution in [0.25, 0.3) is 0 Å². The van der Waals surface area contributed by atoms with E-state index in [0.29, 0.717) is 11.6 Å². The molecule has 4 nitrogen and oxygen atoms in total. The normalized spacial score (nSPS) is 23.8. The lowest BCUT2D eigenvalue weighted by molar-refractivity contribution is 0.297. The predicted molar refractivity (Wildman–Crippen MR) is 69.9 cm³/mol. The Kier molecular flexibility index (Phi) is 4.35. The number of nitriles is 1. The van der Waals surface area contributed by atoms with Gasteiger partial charge in [-0.05, 0) is 31.6 Å². The van der Waals surface area contributed by atoms with Crippen molar-refractivity contribution in [2.24, 2.45) is 13.0 Å². The summed E-state index contributed by atoms with van der Waals surface area (Å²) in [5.74, 6) is 1.38. The summed E-state index contributed by atoms with van der Waals surface area (Å²) in [4.78, 5) is 0. The molecule has 0 aromatic carbocycles. The maximum atomic E-state index is 9.06. The Morgan fingerprint density at radius 1 is 1.33 bits per heavy atom. The summed E-state index contributed by atoms with van der Waals surface area (Å²) in [7, 11) is 1.90. The molecule has 1 aliphatic rings. The van der Waals surface area contributed by atoms with Crippen molar-refractivity contribution in [3.8, 4) is 6.07 Å². The van der Waals surface area contributed by atoms with E-state index in [1.807, 2.05) is 7.05 Å². The van der Waals surface area contributed by atoms with Crippen LogP contribution in [0.3, 0.4) is 0 Å². The van der Waals surface area contributed by atoms with Crippen LogP contribution in [0.15, 0.2) is 0 Å². The molecule has 2 rings (SSSR count). The van der Waals surface area contributed by atoms with Gasteiger partial charge in [-0.15, -0.1) is 5.10 Å². The van der Waals surface area contributed by atoms with Crippen molar-refractivity contribution in [3.63, 3.8) is 0 Å². The first-order valence-corrected chi connectivity index (χ1v) is 7.06. The van der Waals surface area contributed by atoms with Crippen molar-refractivity contribution in [2.75, 3.05) is 0 Å². The molecule has 1 aromatic rings. The quantitative estimate of drug-likeness (QED) is 0.820. The van der Waals surface area contributed by atoms with Crippen LogP contribution in [0.4, 0.5) is 0 Å². The highest BCUT2D eigenvalue weighted by Gasteiger charge is 2.26. The first-order valence-electron chi connectivity index (χ1n) is 7.06. The summed E-state index contributed by atoms with van der Waals surface area (Å²) in [5, 5.41) is 17.0. The molecule has 18 heavy (non-hydrogen) atoms. The van der Waals surface area contributed by atoms with Gasteiger partial charge in [0, 0.05) is 13.0 Å². The molecule has 1 heterocycles. The fourth-order valence-corrected chi connectivity index (χ4v) is 3.12. The average Bonchev–Trinajstić information content (AvgIpc) is 2.78. The van der Waals surface area contributed by atoms with Gasteiger partial charge in [0.15, 0.2) is 5.69 Å². The SMILES string of the molecule is CCCCC1CCC(c2c(C#N)nnn2C)CC1. The van der Waals surface area contributed by atoms with Crippen molar-refractivity contribution in [1.82, 2.24) is 15.0 Å². The van der Waals surface area contributed by atoms with Gasteiger partial charge < -0.3 is 0 Å². The smallest absolute Gasteiger partial charge is 0.186 e. The van der Waals surface area contributed by atoms with E-state index >= 15 is 0 Å². The van der Waals surface area contributed by atoms with E-state index in [1.165, 1.54) is 44.9 Å². The molecular weight excluding hydrogens is 224 g/mol. The third kappa shape index (κ3) is 2.72. The topological polar surface area (TPSA) is 54.5 Å². The van der Waals surface area contributed by atoms with Gasteiger partial charge in [0.1, 0.15) is 6.07 Å². The highest BCUT2D eigenvalue weighted by Crippen LogP contribution is 2.38. The van der Waals surface area contributed by atoms with E-state index < -0.39 is 0 Å². The Morgan fingerprint density at radius 2 is 2.06 bits per heavy atom. The Labute approximate surface area is 109 Å². The van der Waals surface area contributed by atoms with Crippen molar-refractivity contribution < 1.29 is 0 Å². The third-order valence-electron chi connectivity index (χ3n) is 4.18. The van der Waals surface area contributed by atoms with Gasteiger partial charge >= 0.3 is 0 Å². The Balaban J connectivity index is 1.97. The Hall–Kier alpha value is -1.37. The molecule has 4 heteroatoms. The van der Waals surface area contributed by atoms with Gasteiger partial charge in [0.25, 0.3) is 0 Å². The van der Waals surface area contributed by atoms with Crippen LogP contribution in [0, 0.1) is 17.2 Å². The lowest BCUT2D eigenvalue weighted by Gasteiger charge is -2.28. The number of rotatable bonds is 4. The van der Waals surface area contributed by atoms with E-state index in [9.17, 15) is 0 Å². The Bertz CT molecular complexity index is 421. The number of unbranched alkanes of at least 4 members (excludes halogenated alkanes) is 1. The van der Waals surface area contributed by atoms with Crippen molar-refractivity contribution in [3.05, 3.63) is 11.4 Å². The summed E-state index contributed by atoms with van der Waals surface area (Å²) in [6.45, 7) is 2.26. The van der Waals surface area contributed by atoms with E-state index in [2.05, 4.69) is 23.3 Å². The lowest BCUT2D eigenvalue weighted by Crippen LogP contribution is -2.16. The number of nitrogens with zero attached hydrogens (tertiary/aromatic N) is 4. The molecule has 0 bridgehead atoms. The first kappa shape index (κ1) is 13.1. The van der Waals surface area contributed by atoms with Crippen LogP contribution in [0.5, 0.6) is 0 Å². The minimum Gasteiger partial charge on any atom is -0.251 e. The van der Waals surface area contributed by atoms with Crippen LogP contribution >= 0.6 is 0 Å². The van der Waals surface area contributed by atoms with E-state index in [4.69, 9.17) is 5.26 Å². The standard InChI is InChI=1S/C14H22N4/c1-3-4-5-11-6-8-12(9-7-11)14-13(10-15)16-17-18(14)2/h11-12H,3-9H2,1-2H3. The minimum absolute atomic E-state index is 0.484. The third-order valence-corrected chi connectivity index (χ3v) is 4.18. The van der Waals surface area contributed by atoms with Crippen molar-refractivity contribution in [2.45, 2.75) is 57.8 Å². The summed E-state index contributed by atoms with van der Waals surface area (Å²) in [6.07, 6.45) is 8.98. The zero-order chi connectivity index (χ0) is 13.0. The molecule has 0 amide bonds. The van der Waals surface area contributed by atoms with Crippen LogP contribution < -0.4 is 0 Å². The Morgan fingerprint density at radius 3 is 2.67 bits per heavy atom. The summed E-state index contributed by atoms with van der Waals surface area (Å²) in [6, 6.07) is 2.16. The number of aryl methyl sites for hydroxylation is 1. The zero-order valence-electron chi connectivity index (χ0n) is 11.4. The van der Waals surface area contributed by atoms with Gasteiger partial charge in [-0.3, -0.25) is 4.68 Å². The zero-order valence-corrected chi connectivity index (χ0v) is 11.4. The molecule has 1 aliphatic carbocycles. The van der Waals surface area contributed by atoms with Gasteiger partial charge in [0.05, 0.1) is 5.69 Å². The minimum atomic E-state index is 0.484. The molecule has 0 saturated heterocycles. The van der Waals surface area contributed by atoms with Gasteiger partial charge in [-0.1, -0.05) is 31.4 Å². The van der Waals surface area contributed by atoms with Crippen molar-refractivity contribution in [1.29, 1.82) is 5.26 Å². The summed E-state index contributed by atoms with van der Waals surface area (Å²) >= 11 is 0. The molecule has 98 valence electrons. The largest absolute Gasteiger partial charge is 0.251 e. The number of aromatic nitrogens is 3. The number of hydrogen-bond acceptors (Lipinski definition) is 3. The molecule has 0 unspecified atom stereocenters. The maximum absolute atomic E-state index is 9.06. The van der Waals surface area contributed by atoms with Crippen LogP contribution in [-0.2, 0) is 7.05 Å². The fraction of sp³-hybridized carbons (Fsp3) is 0.786. The first-order chi connectivity index (χ1) is 8.76. The molecule has 0 N–H and O–H groups in total. The van der Waals surface area contributed by atoms with Gasteiger partial charge in [-0.2, -0.15) is 5.26 Å². The monoisotopic (exact) mass is 246 g/mol.